The second-order valence-corrected chi connectivity index (χ2v) is 13.6. The molecule has 0 radical (unpaired) electrons. The number of amides is 4. The Balaban J connectivity index is 1.33. The summed E-state index contributed by atoms with van der Waals surface area (Å²) in [4.78, 5) is 43.8. The molecule has 6 nitrogen and oxygen atoms in total. The Morgan fingerprint density at radius 2 is 1.23 bits per heavy atom. The molecule has 0 unspecified atom stereocenters. The number of para-hydroxylation sites is 4. The fourth-order valence-corrected chi connectivity index (χ4v) is 9.13. The quantitative estimate of drug-likeness (QED) is 0.120. The van der Waals surface area contributed by atoms with Crippen molar-refractivity contribution in [3.8, 4) is 4.56 Å². The number of aromatic nitrogens is 1. The second-order valence-electron chi connectivity index (χ2n) is 11.3. The van der Waals surface area contributed by atoms with Crippen molar-refractivity contribution in [1.29, 1.82) is 0 Å². The van der Waals surface area contributed by atoms with Crippen LogP contribution in [0.1, 0.15) is 29.4 Å². The SMILES string of the molecule is CC1(C)c2cc(C=C3C(=O)N(c4ccccc4)C(=O)N(c4ccccc4)C3=O)[se]c2-n2c3ccccc3c3cccc1c32. The second kappa shape index (κ2) is 9.26. The van der Waals surface area contributed by atoms with Gasteiger partial charge in [0.05, 0.1) is 0 Å². The molecule has 1 fully saturated rings. The van der Waals surface area contributed by atoms with Gasteiger partial charge in [-0.15, -0.1) is 0 Å². The number of barbiturate groups is 1. The number of rotatable bonds is 3. The van der Waals surface area contributed by atoms with E-state index in [-0.39, 0.29) is 25.5 Å². The molecule has 4 amide bonds. The van der Waals surface area contributed by atoms with Crippen molar-refractivity contribution in [1.82, 2.24) is 4.57 Å². The number of urea groups is 1. The van der Waals surface area contributed by atoms with E-state index >= 15 is 0 Å². The van der Waals surface area contributed by atoms with Gasteiger partial charge in [0.2, 0.25) is 0 Å². The molecule has 0 N–H and O–H groups in total. The minimum atomic E-state index is -0.689. The molecule has 2 aliphatic heterocycles. The number of hydrogen-bond donors (Lipinski definition) is 0. The Bertz CT molecular complexity index is 2110. The Morgan fingerprint density at radius 1 is 0.651 bits per heavy atom. The summed E-state index contributed by atoms with van der Waals surface area (Å²) in [7, 11) is 0. The van der Waals surface area contributed by atoms with E-state index in [1.807, 2.05) is 12.1 Å². The normalized spacial score (nSPS) is 15.9. The van der Waals surface area contributed by atoms with E-state index in [2.05, 4.69) is 66.9 Å². The van der Waals surface area contributed by atoms with Crippen LogP contribution in [0.5, 0.6) is 0 Å². The van der Waals surface area contributed by atoms with Crippen LogP contribution in [0.3, 0.4) is 0 Å². The molecular formula is C36H25N3O3Se. The molecule has 1 saturated heterocycles. The summed E-state index contributed by atoms with van der Waals surface area (Å²) in [6, 6.07) is 34.0. The third-order valence-electron chi connectivity index (χ3n) is 8.54. The van der Waals surface area contributed by atoms with E-state index in [1.165, 1.54) is 32.0 Å². The molecule has 7 heteroatoms. The van der Waals surface area contributed by atoms with Gasteiger partial charge in [-0.1, -0.05) is 0 Å². The summed E-state index contributed by atoms with van der Waals surface area (Å²) in [6.45, 7) is 4.48. The molecular weight excluding hydrogens is 601 g/mol. The molecule has 6 aromatic rings. The number of imide groups is 2. The van der Waals surface area contributed by atoms with Crippen LogP contribution in [0, 0.1) is 0 Å². The Labute approximate surface area is 253 Å². The average molecular weight is 627 g/mol. The molecule has 43 heavy (non-hydrogen) atoms. The Kier molecular flexibility index (Phi) is 5.54. The van der Waals surface area contributed by atoms with Crippen molar-refractivity contribution in [3.63, 3.8) is 0 Å². The van der Waals surface area contributed by atoms with Gasteiger partial charge >= 0.3 is 255 Å². The van der Waals surface area contributed by atoms with Crippen molar-refractivity contribution in [2.45, 2.75) is 19.3 Å². The van der Waals surface area contributed by atoms with E-state index in [0.29, 0.717) is 11.4 Å². The van der Waals surface area contributed by atoms with Crippen LogP contribution in [0.25, 0.3) is 32.4 Å². The number of benzene rings is 4. The first-order chi connectivity index (χ1) is 20.9. The van der Waals surface area contributed by atoms with Crippen molar-refractivity contribution in [2.24, 2.45) is 0 Å². The summed E-state index contributed by atoms with van der Waals surface area (Å²) < 4.78 is 4.50. The maximum atomic E-state index is 14.0. The Hall–Kier alpha value is -4.97. The van der Waals surface area contributed by atoms with Gasteiger partial charge in [0, 0.05) is 0 Å². The van der Waals surface area contributed by atoms with E-state index in [9.17, 15) is 14.4 Å². The summed E-state index contributed by atoms with van der Waals surface area (Å²) >= 11 is -0.195. The van der Waals surface area contributed by atoms with Crippen LogP contribution in [0.2, 0.25) is 0 Å². The molecule has 0 aliphatic carbocycles. The van der Waals surface area contributed by atoms with Crippen molar-refractivity contribution in [2.75, 3.05) is 9.80 Å². The first-order valence-electron chi connectivity index (χ1n) is 14.1. The monoisotopic (exact) mass is 627 g/mol. The van der Waals surface area contributed by atoms with Gasteiger partial charge in [-0.2, -0.15) is 0 Å². The van der Waals surface area contributed by atoms with Crippen molar-refractivity contribution < 1.29 is 14.4 Å². The summed E-state index contributed by atoms with van der Waals surface area (Å²) in [6.07, 6.45) is 1.71. The van der Waals surface area contributed by atoms with Gasteiger partial charge in [-0.25, -0.2) is 0 Å². The van der Waals surface area contributed by atoms with E-state index < -0.39 is 17.8 Å². The topological polar surface area (TPSA) is 62.6 Å². The van der Waals surface area contributed by atoms with Gasteiger partial charge in [0.1, 0.15) is 0 Å². The number of carbonyl (C=O) groups is 3. The van der Waals surface area contributed by atoms with Crippen LogP contribution < -0.4 is 9.80 Å². The van der Waals surface area contributed by atoms with Gasteiger partial charge in [0.15, 0.2) is 0 Å². The molecule has 0 spiro atoms. The molecule has 208 valence electrons. The number of hydrogen-bond acceptors (Lipinski definition) is 3. The van der Waals surface area contributed by atoms with Gasteiger partial charge in [-0.05, 0) is 0 Å². The summed E-state index contributed by atoms with van der Waals surface area (Å²) in [5.41, 5.74) is 5.34. The van der Waals surface area contributed by atoms with E-state index in [1.54, 1.807) is 54.6 Å². The fourth-order valence-electron chi connectivity index (χ4n) is 6.45. The summed E-state index contributed by atoms with van der Waals surface area (Å²) in [5.74, 6) is -1.24. The Morgan fingerprint density at radius 3 is 1.88 bits per heavy atom. The van der Waals surface area contributed by atoms with E-state index in [4.69, 9.17) is 0 Å². The van der Waals surface area contributed by atoms with Gasteiger partial charge in [-0.3, -0.25) is 0 Å². The number of nitrogens with zero attached hydrogens (tertiary/aromatic N) is 3. The predicted octanol–water partition coefficient (Wildman–Crippen LogP) is 7.06. The van der Waals surface area contributed by atoms with Crippen LogP contribution in [-0.4, -0.2) is 36.9 Å². The molecule has 0 bridgehead atoms. The summed E-state index contributed by atoms with van der Waals surface area (Å²) in [5, 5.41) is 2.43. The van der Waals surface area contributed by atoms with Gasteiger partial charge in [0.25, 0.3) is 0 Å². The zero-order chi connectivity index (χ0) is 29.5. The average Bonchev–Trinajstić information content (AvgIpc) is 3.60. The molecule has 8 rings (SSSR count). The standard InChI is InChI=1S/C36H25N3O3Se/c1-36(2)28-18-11-17-26-25-16-9-10-19-30(25)39(31(26)28)34-29(36)21-24(43-34)20-27-32(40)37(22-12-5-3-6-13-22)35(42)38(33(27)41)23-14-7-4-8-15-23/h3-21H,1-2H3. The third-order valence-corrected chi connectivity index (χ3v) is 10.8. The van der Waals surface area contributed by atoms with Crippen LogP contribution in [0.4, 0.5) is 16.2 Å². The fraction of sp³-hybridized carbons (Fsp3) is 0.0833. The van der Waals surface area contributed by atoms with Crippen molar-refractivity contribution >= 4 is 71.6 Å². The maximum absolute atomic E-state index is 14.0. The third kappa shape index (κ3) is 3.62. The molecule has 0 saturated carbocycles. The van der Waals surface area contributed by atoms with Crippen LogP contribution >= 0.6 is 0 Å². The first kappa shape index (κ1) is 25.7. The van der Waals surface area contributed by atoms with Crippen LogP contribution in [0.15, 0.2) is 115 Å². The molecule has 2 aromatic heterocycles. The number of carbonyl (C=O) groups excluding carboxylic acids is 3. The molecule has 0 atom stereocenters. The number of fused-ring (bicyclic) bond motifs is 5. The predicted molar refractivity (Wildman–Crippen MR) is 171 cm³/mol. The number of anilines is 2. The molecule has 2 aliphatic rings. The zero-order valence-electron chi connectivity index (χ0n) is 23.4. The van der Waals surface area contributed by atoms with Crippen LogP contribution in [-0.2, 0) is 15.0 Å². The zero-order valence-corrected chi connectivity index (χ0v) is 25.2. The molecule has 4 heterocycles. The van der Waals surface area contributed by atoms with Crippen molar-refractivity contribution in [3.05, 3.63) is 130 Å². The van der Waals surface area contributed by atoms with Gasteiger partial charge < -0.3 is 0 Å². The minimum absolute atomic E-state index is 0.0295. The molecule has 4 aromatic carbocycles. The van der Waals surface area contributed by atoms with E-state index in [0.717, 1.165) is 19.8 Å². The first-order valence-corrected chi connectivity index (χ1v) is 15.8.